The van der Waals surface area contributed by atoms with Gasteiger partial charge in [0.1, 0.15) is 25.1 Å². The molecular formula is C27H32F2N4O5. The van der Waals surface area contributed by atoms with Crippen LogP contribution in [0.15, 0.2) is 36.4 Å². The molecule has 0 aromatic heterocycles. The Hall–Kier alpha value is -3.44. The van der Waals surface area contributed by atoms with E-state index in [2.05, 4.69) is 10.2 Å². The molecule has 204 valence electrons. The van der Waals surface area contributed by atoms with Crippen LogP contribution >= 0.6 is 0 Å². The number of piperazine rings is 1. The zero-order valence-corrected chi connectivity index (χ0v) is 21.1. The highest BCUT2D eigenvalue weighted by atomic mass is 19.1. The smallest absolute Gasteiger partial charge is 0.312 e. The number of amides is 2. The number of nitrogens with zero attached hydrogens (tertiary/aromatic N) is 3. The highest BCUT2D eigenvalue weighted by Crippen LogP contribution is 2.36. The number of hydrogen-bond acceptors (Lipinski definition) is 7. The molecule has 38 heavy (non-hydrogen) atoms. The van der Waals surface area contributed by atoms with Crippen LogP contribution in [0.25, 0.3) is 0 Å². The van der Waals surface area contributed by atoms with Crippen molar-refractivity contribution in [2.45, 2.75) is 25.0 Å². The monoisotopic (exact) mass is 530 g/mol. The van der Waals surface area contributed by atoms with E-state index in [1.807, 2.05) is 4.90 Å². The molecule has 2 aromatic carbocycles. The SMILES string of the molecule is O=C(N[C@H](CN1CCCC1)[C@H](O)c1cc(F)c2c(c1)OCCO2)C(=O)N1CCN(c2ccc(F)cc2)CC1. The van der Waals surface area contributed by atoms with Gasteiger partial charge in [0.15, 0.2) is 17.3 Å². The Kier molecular flexibility index (Phi) is 7.94. The molecule has 2 fully saturated rings. The summed E-state index contributed by atoms with van der Waals surface area (Å²) in [4.78, 5) is 31.7. The van der Waals surface area contributed by atoms with Gasteiger partial charge in [0, 0.05) is 38.4 Å². The Morgan fingerprint density at radius 3 is 2.34 bits per heavy atom. The van der Waals surface area contributed by atoms with E-state index in [-0.39, 0.29) is 36.1 Å². The molecule has 5 rings (SSSR count). The Morgan fingerprint density at radius 2 is 1.63 bits per heavy atom. The molecule has 3 aliphatic rings. The minimum atomic E-state index is -1.27. The molecule has 2 aromatic rings. The van der Waals surface area contributed by atoms with Gasteiger partial charge in [-0.25, -0.2) is 8.78 Å². The van der Waals surface area contributed by atoms with Crippen molar-refractivity contribution in [1.29, 1.82) is 0 Å². The second-order valence-electron chi connectivity index (χ2n) is 9.82. The number of benzene rings is 2. The predicted octanol–water partition coefficient (Wildman–Crippen LogP) is 1.70. The third-order valence-electron chi connectivity index (χ3n) is 7.26. The number of hydrogen-bond donors (Lipinski definition) is 2. The molecule has 0 radical (unpaired) electrons. The summed E-state index contributed by atoms with van der Waals surface area (Å²) in [5.41, 5.74) is 1.08. The Labute approximate surface area is 219 Å². The average Bonchev–Trinajstić information content (AvgIpc) is 3.45. The Bertz CT molecular complexity index is 1150. The van der Waals surface area contributed by atoms with Crippen LogP contribution in [0, 0.1) is 11.6 Å². The van der Waals surface area contributed by atoms with Crippen LogP contribution in [0.5, 0.6) is 11.5 Å². The number of aliphatic hydroxyl groups excluding tert-OH is 1. The van der Waals surface area contributed by atoms with Crippen molar-refractivity contribution in [2.24, 2.45) is 0 Å². The minimum absolute atomic E-state index is 0.00212. The van der Waals surface area contributed by atoms with E-state index in [0.717, 1.165) is 31.6 Å². The number of carbonyl (C=O) groups excluding carboxylic acids is 2. The first kappa shape index (κ1) is 26.2. The lowest BCUT2D eigenvalue weighted by molar-refractivity contribution is -0.147. The summed E-state index contributed by atoms with van der Waals surface area (Å²) in [7, 11) is 0. The molecule has 3 heterocycles. The lowest BCUT2D eigenvalue weighted by atomic mass is 10.0. The van der Waals surface area contributed by atoms with Gasteiger partial charge in [-0.15, -0.1) is 0 Å². The van der Waals surface area contributed by atoms with Gasteiger partial charge in [0.05, 0.1) is 6.04 Å². The fourth-order valence-electron chi connectivity index (χ4n) is 5.20. The lowest BCUT2D eigenvalue weighted by Gasteiger charge is -2.36. The van der Waals surface area contributed by atoms with Crippen LogP contribution in [-0.4, -0.2) is 91.8 Å². The number of fused-ring (bicyclic) bond motifs is 1. The van der Waals surface area contributed by atoms with Crippen LogP contribution in [0.2, 0.25) is 0 Å². The molecule has 0 unspecified atom stereocenters. The summed E-state index contributed by atoms with van der Waals surface area (Å²) in [5.74, 6) is -2.27. The Morgan fingerprint density at radius 1 is 0.947 bits per heavy atom. The van der Waals surface area contributed by atoms with Crippen molar-refractivity contribution in [1.82, 2.24) is 15.1 Å². The molecular weight excluding hydrogens is 498 g/mol. The fourth-order valence-corrected chi connectivity index (χ4v) is 5.20. The maximum atomic E-state index is 14.7. The van der Waals surface area contributed by atoms with Gasteiger partial charge in [-0.05, 0) is 67.9 Å². The molecule has 2 saturated heterocycles. The third-order valence-corrected chi connectivity index (χ3v) is 7.26. The molecule has 0 spiro atoms. The molecule has 2 amide bonds. The van der Waals surface area contributed by atoms with Gasteiger partial charge < -0.3 is 34.6 Å². The lowest BCUT2D eigenvalue weighted by Crippen LogP contribution is -2.55. The second kappa shape index (κ2) is 11.5. The molecule has 0 saturated carbocycles. The number of likely N-dealkylation sites (tertiary alicyclic amines) is 1. The maximum absolute atomic E-state index is 14.7. The Balaban J connectivity index is 1.25. The van der Waals surface area contributed by atoms with Gasteiger partial charge in [-0.2, -0.15) is 0 Å². The van der Waals surface area contributed by atoms with Gasteiger partial charge >= 0.3 is 11.8 Å². The molecule has 3 aliphatic heterocycles. The van der Waals surface area contributed by atoms with Gasteiger partial charge in [-0.1, -0.05) is 0 Å². The van der Waals surface area contributed by atoms with Crippen LogP contribution < -0.4 is 19.7 Å². The highest BCUT2D eigenvalue weighted by molar-refractivity contribution is 6.35. The summed E-state index contributed by atoms with van der Waals surface area (Å²) < 4.78 is 38.7. The van der Waals surface area contributed by atoms with E-state index in [1.54, 1.807) is 12.1 Å². The van der Waals surface area contributed by atoms with Crippen LogP contribution in [0.1, 0.15) is 24.5 Å². The van der Waals surface area contributed by atoms with Crippen molar-refractivity contribution < 1.29 is 33.0 Å². The number of anilines is 1. The van der Waals surface area contributed by atoms with Crippen LogP contribution in [-0.2, 0) is 9.59 Å². The van der Waals surface area contributed by atoms with Crippen LogP contribution in [0.3, 0.4) is 0 Å². The summed E-state index contributed by atoms with van der Waals surface area (Å²) in [6.45, 7) is 4.10. The molecule has 2 N–H and O–H groups in total. The molecule has 0 bridgehead atoms. The van der Waals surface area contributed by atoms with Crippen molar-refractivity contribution in [3.63, 3.8) is 0 Å². The van der Waals surface area contributed by atoms with E-state index >= 15 is 0 Å². The van der Waals surface area contributed by atoms with E-state index < -0.39 is 29.8 Å². The topological polar surface area (TPSA) is 94.6 Å². The summed E-state index contributed by atoms with van der Waals surface area (Å²) >= 11 is 0. The largest absolute Gasteiger partial charge is 0.486 e. The minimum Gasteiger partial charge on any atom is -0.486 e. The number of carbonyl (C=O) groups is 2. The van der Waals surface area contributed by atoms with E-state index in [0.29, 0.717) is 32.7 Å². The predicted molar refractivity (Wildman–Crippen MR) is 135 cm³/mol. The molecule has 9 nitrogen and oxygen atoms in total. The summed E-state index contributed by atoms with van der Waals surface area (Å²) in [5, 5.41) is 13.9. The quantitative estimate of drug-likeness (QED) is 0.549. The van der Waals surface area contributed by atoms with Gasteiger partial charge in [-0.3, -0.25) is 9.59 Å². The molecule has 0 aliphatic carbocycles. The van der Waals surface area contributed by atoms with Crippen molar-refractivity contribution in [3.05, 3.63) is 53.6 Å². The average molecular weight is 531 g/mol. The fraction of sp³-hybridized carbons (Fsp3) is 0.481. The van der Waals surface area contributed by atoms with E-state index in [4.69, 9.17) is 9.47 Å². The summed E-state index contributed by atoms with van der Waals surface area (Å²) in [6, 6.07) is 8.00. The third kappa shape index (κ3) is 5.83. The maximum Gasteiger partial charge on any atom is 0.312 e. The van der Waals surface area contributed by atoms with E-state index in [9.17, 15) is 23.5 Å². The second-order valence-corrected chi connectivity index (χ2v) is 9.82. The highest BCUT2D eigenvalue weighted by Gasteiger charge is 2.33. The number of ether oxygens (including phenoxy) is 2. The normalized spacial score (nSPS) is 19.2. The zero-order valence-electron chi connectivity index (χ0n) is 21.1. The van der Waals surface area contributed by atoms with Gasteiger partial charge in [0.2, 0.25) is 0 Å². The van der Waals surface area contributed by atoms with Crippen molar-refractivity contribution in [3.8, 4) is 11.5 Å². The van der Waals surface area contributed by atoms with E-state index in [1.165, 1.54) is 29.2 Å². The first-order valence-corrected chi connectivity index (χ1v) is 13.0. The zero-order chi connectivity index (χ0) is 26.6. The first-order chi connectivity index (χ1) is 18.4. The van der Waals surface area contributed by atoms with Crippen molar-refractivity contribution in [2.75, 3.05) is 63.9 Å². The summed E-state index contributed by atoms with van der Waals surface area (Å²) in [6.07, 6.45) is 0.743. The molecule has 11 heteroatoms. The van der Waals surface area contributed by atoms with Crippen LogP contribution in [0.4, 0.5) is 14.5 Å². The number of aliphatic hydroxyl groups is 1. The number of nitrogens with one attached hydrogen (secondary N) is 1. The van der Waals surface area contributed by atoms with Gasteiger partial charge in [0.25, 0.3) is 0 Å². The number of rotatable bonds is 6. The van der Waals surface area contributed by atoms with Crippen molar-refractivity contribution >= 4 is 17.5 Å². The molecule has 2 atom stereocenters. The first-order valence-electron chi connectivity index (χ1n) is 13.0. The number of halogens is 2. The standard InChI is InChI=1S/C27H32F2N4O5/c28-19-3-5-20(6-4-19)32-9-11-33(12-10-32)27(36)26(35)30-22(17-31-7-1-2-8-31)24(34)18-15-21(29)25-23(16-18)37-13-14-38-25/h3-6,15-16,22,24,34H,1-2,7-14,17H2,(H,30,35)/t22-,24-/m1/s1.